The van der Waals surface area contributed by atoms with Gasteiger partial charge in [0.25, 0.3) is 0 Å². The fourth-order valence-corrected chi connectivity index (χ4v) is 3.87. The molecule has 0 aromatic heterocycles. The summed E-state index contributed by atoms with van der Waals surface area (Å²) in [7, 11) is 1.90. The molecular formula is C21H24N2O2. The van der Waals surface area contributed by atoms with Crippen LogP contribution in [0.4, 0.5) is 4.79 Å². The smallest absolute Gasteiger partial charge is 0.317 e. The van der Waals surface area contributed by atoms with E-state index >= 15 is 0 Å². The fraction of sp³-hybridized carbons (Fsp3) is 0.381. The maximum absolute atomic E-state index is 12.5. The molecule has 1 aliphatic carbocycles. The van der Waals surface area contributed by atoms with Gasteiger partial charge in [-0.15, -0.1) is 0 Å². The molecule has 0 bridgehead atoms. The minimum absolute atomic E-state index is 0.0102. The van der Waals surface area contributed by atoms with Gasteiger partial charge in [0.1, 0.15) is 11.9 Å². The Morgan fingerprint density at radius 3 is 2.60 bits per heavy atom. The summed E-state index contributed by atoms with van der Waals surface area (Å²) < 4.78 is 5.90. The van der Waals surface area contributed by atoms with Crippen molar-refractivity contribution < 1.29 is 9.53 Å². The molecule has 25 heavy (non-hydrogen) atoms. The Balaban J connectivity index is 1.30. The molecule has 0 radical (unpaired) electrons. The van der Waals surface area contributed by atoms with Crippen LogP contribution in [0, 0.1) is 0 Å². The fourth-order valence-electron chi connectivity index (χ4n) is 3.87. The van der Waals surface area contributed by atoms with Crippen LogP contribution in [0.3, 0.4) is 0 Å². The number of aryl methyl sites for hydroxylation is 1. The summed E-state index contributed by atoms with van der Waals surface area (Å²) in [5, 5.41) is 3.04. The Morgan fingerprint density at radius 2 is 1.80 bits per heavy atom. The third-order valence-corrected chi connectivity index (χ3v) is 5.38. The van der Waals surface area contributed by atoms with Crippen molar-refractivity contribution >= 4 is 6.03 Å². The lowest BCUT2D eigenvalue weighted by Gasteiger charge is -2.32. The maximum atomic E-state index is 12.5. The van der Waals surface area contributed by atoms with Gasteiger partial charge in [-0.2, -0.15) is 0 Å². The number of carbonyl (C=O) groups excluding carboxylic acids is 1. The molecule has 0 spiro atoms. The number of benzene rings is 2. The number of carbonyl (C=O) groups is 1. The summed E-state index contributed by atoms with van der Waals surface area (Å²) in [6.45, 7) is 0.543. The molecule has 4 nitrogen and oxygen atoms in total. The zero-order chi connectivity index (χ0) is 17.2. The number of likely N-dealkylation sites (N-methyl/N-ethyl adjacent to an activating group) is 1. The lowest BCUT2D eigenvalue weighted by molar-refractivity contribution is 0.174. The largest absolute Gasteiger partial charge is 0.488 e. The maximum Gasteiger partial charge on any atom is 0.317 e. The van der Waals surface area contributed by atoms with Crippen molar-refractivity contribution in [2.45, 2.75) is 37.8 Å². The molecule has 1 heterocycles. The van der Waals surface area contributed by atoms with Crippen LogP contribution in [-0.4, -0.2) is 36.7 Å². The number of amides is 2. The van der Waals surface area contributed by atoms with Crippen LogP contribution in [0.15, 0.2) is 48.5 Å². The van der Waals surface area contributed by atoms with Gasteiger partial charge in [0.2, 0.25) is 0 Å². The molecular weight excluding hydrogens is 312 g/mol. The van der Waals surface area contributed by atoms with Crippen LogP contribution in [0.1, 0.15) is 23.1 Å². The first-order chi connectivity index (χ1) is 12.2. The van der Waals surface area contributed by atoms with Gasteiger partial charge < -0.3 is 15.0 Å². The summed E-state index contributed by atoms with van der Waals surface area (Å²) in [5.74, 6) is 0.944. The molecule has 4 heteroatoms. The van der Waals surface area contributed by atoms with Crippen LogP contribution < -0.4 is 10.1 Å². The van der Waals surface area contributed by atoms with Crippen molar-refractivity contribution in [1.82, 2.24) is 10.2 Å². The Labute approximate surface area is 148 Å². The molecule has 0 saturated heterocycles. The summed E-state index contributed by atoms with van der Waals surface area (Å²) in [6, 6.07) is 16.9. The topological polar surface area (TPSA) is 41.6 Å². The zero-order valence-electron chi connectivity index (χ0n) is 14.6. The average molecular weight is 336 g/mol. The van der Waals surface area contributed by atoms with Gasteiger partial charge >= 0.3 is 6.03 Å². The van der Waals surface area contributed by atoms with E-state index in [-0.39, 0.29) is 18.2 Å². The van der Waals surface area contributed by atoms with E-state index in [1.807, 2.05) is 30.1 Å². The highest BCUT2D eigenvalue weighted by Crippen LogP contribution is 2.28. The van der Waals surface area contributed by atoms with Gasteiger partial charge in [-0.3, -0.25) is 0 Å². The molecule has 0 fully saturated rings. The molecule has 4 rings (SSSR count). The average Bonchev–Trinajstić information content (AvgIpc) is 3.08. The Kier molecular flexibility index (Phi) is 4.35. The first kappa shape index (κ1) is 16.0. The van der Waals surface area contributed by atoms with Gasteiger partial charge in [-0.1, -0.05) is 42.5 Å². The van der Waals surface area contributed by atoms with Crippen LogP contribution >= 0.6 is 0 Å². The quantitative estimate of drug-likeness (QED) is 0.935. The molecule has 0 saturated carbocycles. The molecule has 1 aliphatic heterocycles. The summed E-state index contributed by atoms with van der Waals surface area (Å²) in [4.78, 5) is 14.4. The van der Waals surface area contributed by atoms with E-state index in [9.17, 15) is 4.79 Å². The number of fused-ring (bicyclic) bond motifs is 2. The molecule has 2 aromatic rings. The number of rotatable bonds is 3. The minimum atomic E-state index is -0.0102. The third kappa shape index (κ3) is 3.34. The van der Waals surface area contributed by atoms with E-state index in [4.69, 9.17) is 4.74 Å². The number of nitrogens with zero attached hydrogens (tertiary/aromatic N) is 1. The molecule has 1 N–H and O–H groups in total. The van der Waals surface area contributed by atoms with Gasteiger partial charge in [0.05, 0.1) is 6.54 Å². The highest BCUT2D eigenvalue weighted by Gasteiger charge is 2.27. The number of urea groups is 1. The minimum Gasteiger partial charge on any atom is -0.488 e. The van der Waals surface area contributed by atoms with Crippen molar-refractivity contribution in [1.29, 1.82) is 0 Å². The highest BCUT2D eigenvalue weighted by molar-refractivity contribution is 5.74. The number of hydrogen-bond donors (Lipinski definition) is 1. The van der Waals surface area contributed by atoms with Crippen LogP contribution in [0.5, 0.6) is 5.75 Å². The van der Waals surface area contributed by atoms with Gasteiger partial charge in [0.15, 0.2) is 0 Å². The first-order valence-electron chi connectivity index (χ1n) is 9.02. The monoisotopic (exact) mass is 336 g/mol. The lowest BCUT2D eigenvalue weighted by atomic mass is 9.88. The van der Waals surface area contributed by atoms with Crippen LogP contribution in [0.25, 0.3) is 0 Å². The van der Waals surface area contributed by atoms with E-state index in [1.165, 1.54) is 16.7 Å². The number of para-hydroxylation sites is 1. The van der Waals surface area contributed by atoms with E-state index in [0.29, 0.717) is 6.54 Å². The molecule has 2 aromatic carbocycles. The second-order valence-corrected chi connectivity index (χ2v) is 7.01. The Morgan fingerprint density at radius 1 is 1.08 bits per heavy atom. The van der Waals surface area contributed by atoms with Gasteiger partial charge in [-0.05, 0) is 42.0 Å². The predicted molar refractivity (Wildman–Crippen MR) is 98.0 cm³/mol. The van der Waals surface area contributed by atoms with Crippen LogP contribution in [-0.2, 0) is 19.3 Å². The van der Waals surface area contributed by atoms with E-state index in [0.717, 1.165) is 31.4 Å². The molecule has 2 amide bonds. The van der Waals surface area contributed by atoms with Crippen molar-refractivity contribution in [3.05, 3.63) is 65.2 Å². The normalized spacial score (nSPS) is 21.0. The Bertz CT molecular complexity index is 749. The molecule has 2 atom stereocenters. The SMILES string of the molecule is CN(C(=O)NCC1Cc2ccccc2O1)C1CCc2ccccc2C1. The second-order valence-electron chi connectivity index (χ2n) is 7.01. The number of nitrogens with one attached hydrogen (secondary N) is 1. The van der Waals surface area contributed by atoms with Crippen molar-refractivity contribution in [3.8, 4) is 5.75 Å². The van der Waals surface area contributed by atoms with Gasteiger partial charge in [0, 0.05) is 19.5 Å². The molecule has 2 aliphatic rings. The van der Waals surface area contributed by atoms with E-state index in [2.05, 4.69) is 35.6 Å². The predicted octanol–water partition coefficient (Wildman–Crippen LogP) is 3.19. The standard InChI is InChI=1S/C21H24N2O2/c1-23(18-11-10-15-6-2-3-7-16(15)12-18)21(24)22-14-19-13-17-8-4-5-9-20(17)25-19/h2-9,18-19H,10-14H2,1H3,(H,22,24). The van der Waals surface area contributed by atoms with E-state index < -0.39 is 0 Å². The zero-order valence-corrected chi connectivity index (χ0v) is 14.6. The molecule has 130 valence electrons. The number of ether oxygens (including phenoxy) is 1. The van der Waals surface area contributed by atoms with Crippen molar-refractivity contribution in [2.75, 3.05) is 13.6 Å². The molecule has 2 unspecified atom stereocenters. The highest BCUT2D eigenvalue weighted by atomic mass is 16.5. The summed E-state index contributed by atoms with van der Waals surface area (Å²) in [6.07, 6.45) is 3.88. The third-order valence-electron chi connectivity index (χ3n) is 5.38. The lowest BCUT2D eigenvalue weighted by Crippen LogP contribution is -2.48. The summed E-state index contributed by atoms with van der Waals surface area (Å²) in [5.41, 5.74) is 4.01. The van der Waals surface area contributed by atoms with Crippen LogP contribution in [0.2, 0.25) is 0 Å². The second kappa shape index (κ2) is 6.79. The van der Waals surface area contributed by atoms with Gasteiger partial charge in [-0.25, -0.2) is 4.79 Å². The van der Waals surface area contributed by atoms with Crippen molar-refractivity contribution in [3.63, 3.8) is 0 Å². The van der Waals surface area contributed by atoms with Crippen molar-refractivity contribution in [2.24, 2.45) is 0 Å². The van der Waals surface area contributed by atoms with E-state index in [1.54, 1.807) is 0 Å². The first-order valence-corrected chi connectivity index (χ1v) is 9.02. The Hall–Kier alpha value is -2.49. The number of hydrogen-bond acceptors (Lipinski definition) is 2. The summed E-state index contributed by atoms with van der Waals surface area (Å²) >= 11 is 0.